The molecule has 1 aliphatic heterocycles. The van der Waals surface area contributed by atoms with Gasteiger partial charge in [0.25, 0.3) is 0 Å². The van der Waals surface area contributed by atoms with Gasteiger partial charge in [-0.25, -0.2) is 9.97 Å². The lowest BCUT2D eigenvalue weighted by Crippen LogP contribution is -2.29. The molecule has 0 unspecified atom stereocenters. The highest BCUT2D eigenvalue weighted by molar-refractivity contribution is 5.96. The van der Waals surface area contributed by atoms with Gasteiger partial charge < -0.3 is 4.74 Å². The largest absolute Gasteiger partial charge is 0.430 e. The van der Waals surface area contributed by atoms with Crippen LogP contribution in [0.25, 0.3) is 16.6 Å². The molecule has 0 saturated carbocycles. The number of nitrogens with zero attached hydrogens (tertiary/aromatic N) is 4. The Morgan fingerprint density at radius 3 is 2.88 bits per heavy atom. The summed E-state index contributed by atoms with van der Waals surface area (Å²) in [5, 5.41) is 5.22. The van der Waals surface area contributed by atoms with Crippen LogP contribution < -0.4 is 4.74 Å². The van der Waals surface area contributed by atoms with Gasteiger partial charge in [0, 0.05) is 11.8 Å². The molecule has 0 bridgehead atoms. The summed E-state index contributed by atoms with van der Waals surface area (Å²) in [7, 11) is 0. The van der Waals surface area contributed by atoms with Gasteiger partial charge in [-0.3, -0.25) is 0 Å². The number of fused-ring (bicyclic) bond motifs is 5. The van der Waals surface area contributed by atoms with Crippen molar-refractivity contribution in [2.75, 3.05) is 0 Å². The summed E-state index contributed by atoms with van der Waals surface area (Å²) in [6.45, 7) is 3.95. The van der Waals surface area contributed by atoms with Crippen LogP contribution >= 0.6 is 0 Å². The van der Waals surface area contributed by atoms with Crippen LogP contribution in [0.1, 0.15) is 49.8 Å². The molecule has 0 fully saturated rings. The van der Waals surface area contributed by atoms with E-state index >= 15 is 0 Å². The van der Waals surface area contributed by atoms with E-state index in [-0.39, 0.29) is 18.6 Å². The summed E-state index contributed by atoms with van der Waals surface area (Å²) in [6, 6.07) is 3.71. The van der Waals surface area contributed by atoms with Gasteiger partial charge >= 0.3 is 6.11 Å². The molecule has 0 amide bonds. The summed E-state index contributed by atoms with van der Waals surface area (Å²) in [4.78, 5) is 9.12. The molecule has 0 saturated heterocycles. The van der Waals surface area contributed by atoms with Crippen LogP contribution in [0.2, 0.25) is 0 Å². The molecule has 3 aromatic rings. The topological polar surface area (TPSA) is 52.3 Å². The highest BCUT2D eigenvalue weighted by Gasteiger charge is 2.37. The second-order valence-corrected chi connectivity index (χ2v) is 6.57. The van der Waals surface area contributed by atoms with Crippen LogP contribution in [0.15, 0.2) is 12.1 Å². The van der Waals surface area contributed by atoms with Gasteiger partial charge in [0.15, 0.2) is 17.2 Å². The number of aryl methyl sites for hydroxylation is 3. The number of halogens is 2. The number of unbranched alkanes of at least 4 members (excludes halogenated alkanes) is 2. The lowest BCUT2D eigenvalue weighted by atomic mass is 10.0. The lowest BCUT2D eigenvalue weighted by Gasteiger charge is -2.26. The second kappa shape index (κ2) is 5.89. The van der Waals surface area contributed by atoms with Crippen molar-refractivity contribution in [3.8, 4) is 5.75 Å². The van der Waals surface area contributed by atoms with Gasteiger partial charge in [-0.15, -0.1) is 5.10 Å². The summed E-state index contributed by atoms with van der Waals surface area (Å²) >= 11 is 0. The van der Waals surface area contributed by atoms with E-state index in [1.165, 1.54) is 0 Å². The van der Waals surface area contributed by atoms with Gasteiger partial charge in [0.1, 0.15) is 11.3 Å². The van der Waals surface area contributed by atoms with Crippen molar-refractivity contribution in [1.82, 2.24) is 19.6 Å². The zero-order valence-corrected chi connectivity index (χ0v) is 14.4. The van der Waals surface area contributed by atoms with Crippen molar-refractivity contribution >= 4 is 16.6 Å². The Hall–Kier alpha value is -2.31. The van der Waals surface area contributed by atoms with E-state index in [0.717, 1.165) is 37.1 Å². The van der Waals surface area contributed by atoms with Crippen LogP contribution in [0.4, 0.5) is 8.78 Å². The SMILES string of the molecule is CCCCCc1nc2c3ccc4c(c3nc(C)n2n1)OC(F)(F)CC4. The third-order valence-corrected chi connectivity index (χ3v) is 4.63. The van der Waals surface area contributed by atoms with Gasteiger partial charge in [0.05, 0.1) is 6.42 Å². The predicted molar refractivity (Wildman–Crippen MR) is 90.2 cm³/mol. The number of hydrogen-bond acceptors (Lipinski definition) is 4. The Bertz CT molecular complexity index is 951. The molecule has 1 aliphatic rings. The zero-order chi connectivity index (χ0) is 17.6. The molecule has 4 rings (SSSR count). The van der Waals surface area contributed by atoms with E-state index in [4.69, 9.17) is 4.74 Å². The number of alkyl halides is 2. The van der Waals surface area contributed by atoms with Crippen LogP contribution in [0.5, 0.6) is 5.75 Å². The molecule has 25 heavy (non-hydrogen) atoms. The number of benzene rings is 1. The van der Waals surface area contributed by atoms with Gasteiger partial charge in [-0.05, 0) is 31.4 Å². The smallest absolute Gasteiger partial charge is 0.398 e. The normalized spacial score (nSPS) is 16.2. The van der Waals surface area contributed by atoms with Crippen molar-refractivity contribution in [1.29, 1.82) is 0 Å². The predicted octanol–water partition coefficient (Wildman–Crippen LogP) is 4.24. The maximum Gasteiger partial charge on any atom is 0.398 e. The van der Waals surface area contributed by atoms with E-state index in [2.05, 4.69) is 22.0 Å². The molecular weight excluding hydrogens is 326 g/mol. The number of hydrogen-bond donors (Lipinski definition) is 0. The standard InChI is InChI=1S/C18H20F2N4O/c1-3-4-5-6-14-22-17-13-8-7-12-9-10-18(19,20)25-16(12)15(13)21-11(2)24(17)23-14/h7-8H,3-6,9-10H2,1-2H3. The molecule has 0 N–H and O–H groups in total. The molecule has 5 nitrogen and oxygen atoms in total. The average Bonchev–Trinajstić information content (AvgIpc) is 2.99. The first kappa shape index (κ1) is 16.2. The molecule has 0 spiro atoms. The van der Waals surface area contributed by atoms with Crippen LogP contribution in [-0.2, 0) is 12.8 Å². The van der Waals surface area contributed by atoms with Gasteiger partial charge in [-0.1, -0.05) is 25.8 Å². The Morgan fingerprint density at radius 1 is 1.24 bits per heavy atom. The quantitative estimate of drug-likeness (QED) is 0.663. The molecule has 0 aliphatic carbocycles. The maximum absolute atomic E-state index is 13.7. The fraction of sp³-hybridized carbons (Fsp3) is 0.500. The van der Waals surface area contributed by atoms with E-state index in [1.54, 1.807) is 11.4 Å². The molecule has 1 aromatic carbocycles. The van der Waals surface area contributed by atoms with E-state index in [0.29, 0.717) is 22.4 Å². The Balaban J connectivity index is 1.87. The van der Waals surface area contributed by atoms with Crippen molar-refractivity contribution in [3.05, 3.63) is 29.3 Å². The summed E-state index contributed by atoms with van der Waals surface area (Å²) in [5.74, 6) is 1.55. The highest BCUT2D eigenvalue weighted by Crippen LogP contribution is 2.40. The van der Waals surface area contributed by atoms with Crippen LogP contribution in [0, 0.1) is 6.92 Å². The van der Waals surface area contributed by atoms with Crippen LogP contribution in [0.3, 0.4) is 0 Å². The third-order valence-electron chi connectivity index (χ3n) is 4.63. The van der Waals surface area contributed by atoms with Crippen molar-refractivity contribution in [2.45, 2.75) is 58.5 Å². The summed E-state index contributed by atoms with van der Waals surface area (Å²) < 4.78 is 34.1. The van der Waals surface area contributed by atoms with Crippen LogP contribution in [-0.4, -0.2) is 25.7 Å². The first-order chi connectivity index (χ1) is 12.0. The summed E-state index contributed by atoms with van der Waals surface area (Å²) in [5.41, 5.74) is 1.85. The average molecular weight is 346 g/mol. The Kier molecular flexibility index (Phi) is 3.81. The maximum atomic E-state index is 13.7. The third kappa shape index (κ3) is 2.81. The molecule has 2 aromatic heterocycles. The minimum atomic E-state index is -3.15. The zero-order valence-electron chi connectivity index (χ0n) is 14.4. The molecule has 0 atom stereocenters. The lowest BCUT2D eigenvalue weighted by molar-refractivity contribution is -0.186. The minimum Gasteiger partial charge on any atom is -0.430 e. The van der Waals surface area contributed by atoms with Gasteiger partial charge in [0.2, 0.25) is 0 Å². The Labute approximate surface area is 144 Å². The molecule has 7 heteroatoms. The number of rotatable bonds is 4. The van der Waals surface area contributed by atoms with E-state index in [9.17, 15) is 8.78 Å². The fourth-order valence-corrected chi connectivity index (χ4v) is 3.30. The minimum absolute atomic E-state index is 0.176. The number of ether oxygens (including phenoxy) is 1. The van der Waals surface area contributed by atoms with E-state index < -0.39 is 6.11 Å². The Morgan fingerprint density at radius 2 is 2.08 bits per heavy atom. The highest BCUT2D eigenvalue weighted by atomic mass is 19.3. The summed E-state index contributed by atoms with van der Waals surface area (Å²) in [6.07, 6.45) is 0.914. The first-order valence-electron chi connectivity index (χ1n) is 8.73. The van der Waals surface area contributed by atoms with Crippen molar-refractivity contribution in [2.24, 2.45) is 0 Å². The molecule has 132 valence electrons. The van der Waals surface area contributed by atoms with Gasteiger partial charge in [-0.2, -0.15) is 13.3 Å². The van der Waals surface area contributed by atoms with E-state index in [1.807, 2.05) is 12.1 Å². The molecular formula is C18H20F2N4O. The molecule has 3 heterocycles. The second-order valence-electron chi connectivity index (χ2n) is 6.57. The number of aromatic nitrogens is 4. The fourth-order valence-electron chi connectivity index (χ4n) is 3.30. The first-order valence-corrected chi connectivity index (χ1v) is 8.73. The van der Waals surface area contributed by atoms with Crippen molar-refractivity contribution < 1.29 is 13.5 Å². The van der Waals surface area contributed by atoms with Crippen molar-refractivity contribution in [3.63, 3.8) is 0 Å². The molecule has 0 radical (unpaired) electrons. The monoisotopic (exact) mass is 346 g/mol.